The van der Waals surface area contributed by atoms with E-state index < -0.39 is 24.3 Å². The van der Waals surface area contributed by atoms with E-state index in [0.29, 0.717) is 22.6 Å². The van der Waals surface area contributed by atoms with Crippen LogP contribution in [0.3, 0.4) is 0 Å². The maximum absolute atomic E-state index is 12.3. The molecule has 0 aliphatic heterocycles. The number of Topliss-reactive ketones (excluding diaryl/α,β-unsaturated/α-hetero) is 1. The van der Waals surface area contributed by atoms with E-state index in [1.165, 1.54) is 7.11 Å². The third-order valence-corrected chi connectivity index (χ3v) is 4.21. The number of carbonyl (C=O) groups excluding carboxylic acids is 3. The van der Waals surface area contributed by atoms with Crippen LogP contribution in [-0.2, 0) is 14.3 Å². The van der Waals surface area contributed by atoms with Crippen molar-refractivity contribution >= 4 is 17.7 Å². The fraction of sp³-hybridized carbons (Fsp3) is 0.350. The van der Waals surface area contributed by atoms with Gasteiger partial charge < -0.3 is 19.2 Å². The second-order valence-corrected chi connectivity index (χ2v) is 6.21. The van der Waals surface area contributed by atoms with Crippen molar-refractivity contribution in [2.24, 2.45) is 0 Å². The van der Waals surface area contributed by atoms with Gasteiger partial charge in [-0.05, 0) is 44.4 Å². The summed E-state index contributed by atoms with van der Waals surface area (Å²) in [5.74, 6) is -0.995. The normalized spacial score (nSPS) is 10.4. The van der Waals surface area contributed by atoms with Crippen LogP contribution < -0.4 is 4.74 Å². The van der Waals surface area contributed by atoms with E-state index in [1.807, 2.05) is 32.0 Å². The fourth-order valence-corrected chi connectivity index (χ4v) is 2.85. The van der Waals surface area contributed by atoms with Crippen LogP contribution in [0.15, 0.2) is 18.2 Å². The number of benzene rings is 1. The molecular weight excluding hydrogens is 350 g/mol. The minimum absolute atomic E-state index is 0.219. The molecule has 7 nitrogen and oxygen atoms in total. The highest BCUT2D eigenvalue weighted by atomic mass is 16.6. The molecule has 0 aliphatic rings. The Hall–Kier alpha value is -3.09. The van der Waals surface area contributed by atoms with Crippen LogP contribution in [0.1, 0.15) is 43.2 Å². The number of rotatable bonds is 7. The van der Waals surface area contributed by atoms with Crippen LogP contribution in [-0.4, -0.2) is 43.0 Å². The number of aromatic amines is 1. The number of methoxy groups -OCH3 is 1. The Labute approximate surface area is 157 Å². The molecule has 1 aromatic carbocycles. The van der Waals surface area contributed by atoms with Crippen molar-refractivity contribution in [2.45, 2.75) is 27.7 Å². The zero-order valence-corrected chi connectivity index (χ0v) is 16.1. The maximum Gasteiger partial charge on any atom is 0.344 e. The summed E-state index contributed by atoms with van der Waals surface area (Å²) in [6.07, 6.45) is 0. The molecule has 144 valence electrons. The molecule has 0 unspecified atom stereocenters. The molecule has 0 saturated carbocycles. The lowest BCUT2D eigenvalue weighted by Crippen LogP contribution is -2.20. The van der Waals surface area contributed by atoms with Gasteiger partial charge in [0.15, 0.2) is 13.2 Å². The summed E-state index contributed by atoms with van der Waals surface area (Å²) >= 11 is 0. The number of hydrogen-bond donors (Lipinski definition) is 1. The number of aromatic nitrogens is 1. The zero-order chi connectivity index (χ0) is 20.1. The third-order valence-electron chi connectivity index (χ3n) is 4.21. The largest absolute Gasteiger partial charge is 0.481 e. The Morgan fingerprint density at radius 1 is 1.00 bits per heavy atom. The molecule has 1 N–H and O–H groups in total. The molecule has 2 rings (SSSR count). The lowest BCUT2D eigenvalue weighted by Gasteiger charge is -2.11. The van der Waals surface area contributed by atoms with Crippen molar-refractivity contribution in [2.75, 3.05) is 20.3 Å². The van der Waals surface area contributed by atoms with Gasteiger partial charge in [0, 0.05) is 5.69 Å². The summed E-state index contributed by atoms with van der Waals surface area (Å²) in [4.78, 5) is 38.9. The monoisotopic (exact) mass is 373 g/mol. The molecule has 0 spiro atoms. The maximum atomic E-state index is 12.3. The van der Waals surface area contributed by atoms with Gasteiger partial charge in [0.05, 0.1) is 18.4 Å². The van der Waals surface area contributed by atoms with Gasteiger partial charge in [0.1, 0.15) is 5.75 Å². The standard InChI is InChI=1S/C20H23NO6/c1-11-7-6-8-12(2)19(11)27-10-16(23)26-9-15(22)18-13(3)17(14(4)21-18)20(24)25-5/h6-8,21H,9-10H2,1-5H3. The summed E-state index contributed by atoms with van der Waals surface area (Å²) in [5.41, 5.74) is 3.33. The number of esters is 2. The Balaban J connectivity index is 1.96. The summed E-state index contributed by atoms with van der Waals surface area (Å²) in [7, 11) is 1.27. The predicted octanol–water partition coefficient (Wildman–Crippen LogP) is 2.84. The molecule has 0 bridgehead atoms. The second kappa shape index (κ2) is 8.53. The number of ketones is 1. The van der Waals surface area contributed by atoms with Crippen LogP contribution in [0.5, 0.6) is 5.75 Å². The Morgan fingerprint density at radius 2 is 1.63 bits per heavy atom. The average molecular weight is 373 g/mol. The van der Waals surface area contributed by atoms with Crippen LogP contribution >= 0.6 is 0 Å². The van der Waals surface area contributed by atoms with E-state index in [-0.39, 0.29) is 12.3 Å². The van der Waals surface area contributed by atoms with E-state index >= 15 is 0 Å². The van der Waals surface area contributed by atoms with E-state index in [1.54, 1.807) is 13.8 Å². The molecule has 0 saturated heterocycles. The van der Waals surface area contributed by atoms with Crippen molar-refractivity contribution in [3.8, 4) is 5.75 Å². The molecule has 0 amide bonds. The van der Waals surface area contributed by atoms with Crippen LogP contribution in [0.25, 0.3) is 0 Å². The van der Waals surface area contributed by atoms with Gasteiger partial charge >= 0.3 is 11.9 Å². The van der Waals surface area contributed by atoms with E-state index in [4.69, 9.17) is 14.2 Å². The molecule has 0 atom stereocenters. The topological polar surface area (TPSA) is 94.7 Å². The lowest BCUT2D eigenvalue weighted by molar-refractivity contribution is -0.144. The van der Waals surface area contributed by atoms with Gasteiger partial charge in [0.2, 0.25) is 5.78 Å². The number of hydrogen-bond acceptors (Lipinski definition) is 6. The fourth-order valence-electron chi connectivity index (χ4n) is 2.85. The van der Waals surface area contributed by atoms with Crippen molar-refractivity contribution in [3.63, 3.8) is 0 Å². The summed E-state index contributed by atoms with van der Waals surface area (Å²) in [5, 5.41) is 0. The second-order valence-electron chi connectivity index (χ2n) is 6.21. The molecule has 7 heteroatoms. The number of nitrogens with one attached hydrogen (secondary N) is 1. The third kappa shape index (κ3) is 4.55. The number of carbonyl (C=O) groups is 3. The highest BCUT2D eigenvalue weighted by Crippen LogP contribution is 2.22. The number of para-hydroxylation sites is 1. The van der Waals surface area contributed by atoms with Gasteiger partial charge in [-0.2, -0.15) is 0 Å². The SMILES string of the molecule is COC(=O)c1c(C)[nH]c(C(=O)COC(=O)COc2c(C)cccc2C)c1C. The number of ether oxygens (including phenoxy) is 3. The number of aryl methyl sites for hydroxylation is 3. The zero-order valence-electron chi connectivity index (χ0n) is 16.1. The van der Waals surface area contributed by atoms with Crippen molar-refractivity contribution in [1.29, 1.82) is 0 Å². The van der Waals surface area contributed by atoms with Crippen molar-refractivity contribution < 1.29 is 28.6 Å². The minimum atomic E-state index is -0.653. The molecule has 1 aromatic heterocycles. The predicted molar refractivity (Wildman–Crippen MR) is 98.3 cm³/mol. The molecule has 2 aromatic rings. The van der Waals surface area contributed by atoms with Gasteiger partial charge in [-0.1, -0.05) is 18.2 Å². The highest BCUT2D eigenvalue weighted by Gasteiger charge is 2.23. The number of H-pyrrole nitrogens is 1. The molecule has 0 fully saturated rings. The molecule has 1 heterocycles. The van der Waals surface area contributed by atoms with Crippen LogP contribution in [0, 0.1) is 27.7 Å². The minimum Gasteiger partial charge on any atom is -0.481 e. The summed E-state index contributed by atoms with van der Waals surface area (Å²) < 4.78 is 15.2. The van der Waals surface area contributed by atoms with Gasteiger partial charge in [-0.15, -0.1) is 0 Å². The van der Waals surface area contributed by atoms with E-state index in [2.05, 4.69) is 4.98 Å². The van der Waals surface area contributed by atoms with Gasteiger partial charge in [0.25, 0.3) is 0 Å². The first-order chi connectivity index (χ1) is 12.8. The molecular formula is C20H23NO6. The first kappa shape index (κ1) is 20.2. The Bertz CT molecular complexity index is 861. The molecule has 0 aliphatic carbocycles. The van der Waals surface area contributed by atoms with Crippen molar-refractivity contribution in [1.82, 2.24) is 4.98 Å². The van der Waals surface area contributed by atoms with E-state index in [9.17, 15) is 14.4 Å². The highest BCUT2D eigenvalue weighted by molar-refractivity contribution is 6.02. The average Bonchev–Trinajstić information content (AvgIpc) is 2.93. The smallest absolute Gasteiger partial charge is 0.344 e. The Morgan fingerprint density at radius 3 is 2.22 bits per heavy atom. The lowest BCUT2D eigenvalue weighted by atomic mass is 10.1. The van der Waals surface area contributed by atoms with E-state index in [0.717, 1.165) is 11.1 Å². The molecule has 27 heavy (non-hydrogen) atoms. The van der Waals surface area contributed by atoms with Crippen molar-refractivity contribution in [3.05, 3.63) is 51.8 Å². The Kier molecular flexibility index (Phi) is 6.39. The van der Waals surface area contributed by atoms with Crippen LogP contribution in [0.2, 0.25) is 0 Å². The van der Waals surface area contributed by atoms with Crippen LogP contribution in [0.4, 0.5) is 0 Å². The first-order valence-electron chi connectivity index (χ1n) is 8.41. The quantitative estimate of drug-likeness (QED) is 0.592. The van der Waals surface area contributed by atoms with Gasteiger partial charge in [-0.25, -0.2) is 9.59 Å². The summed E-state index contributed by atoms with van der Waals surface area (Å²) in [6, 6.07) is 5.66. The molecule has 0 radical (unpaired) electrons. The first-order valence-corrected chi connectivity index (χ1v) is 8.41. The van der Waals surface area contributed by atoms with Gasteiger partial charge in [-0.3, -0.25) is 4.79 Å². The summed E-state index contributed by atoms with van der Waals surface area (Å²) in [6.45, 7) is 6.32.